The smallest absolute Gasteiger partial charge is 0.251 e. The zero-order valence-electron chi connectivity index (χ0n) is 7.15. The van der Waals surface area contributed by atoms with Crippen molar-refractivity contribution in [3.63, 3.8) is 0 Å². The summed E-state index contributed by atoms with van der Waals surface area (Å²) in [6.45, 7) is 1.64. The highest BCUT2D eigenvalue weighted by atomic mass is 16.1. The van der Waals surface area contributed by atoms with Crippen LogP contribution in [0.5, 0.6) is 0 Å². The van der Waals surface area contributed by atoms with Gasteiger partial charge in [-0.25, -0.2) is 0 Å². The van der Waals surface area contributed by atoms with Crippen LogP contribution in [0.3, 0.4) is 0 Å². The summed E-state index contributed by atoms with van der Waals surface area (Å²) in [4.78, 5) is 21.4. The van der Waals surface area contributed by atoms with Crippen LogP contribution in [0.4, 0.5) is 0 Å². The minimum atomic E-state index is -0.261. The van der Waals surface area contributed by atoms with Crippen molar-refractivity contribution < 1.29 is 4.79 Å². The Bertz CT molecular complexity index is 426. The summed E-state index contributed by atoms with van der Waals surface area (Å²) < 4.78 is 1.27. The highest BCUT2D eigenvalue weighted by Gasteiger charge is 2.03. The van der Waals surface area contributed by atoms with E-state index in [9.17, 15) is 9.59 Å². The van der Waals surface area contributed by atoms with Gasteiger partial charge in [-0.1, -0.05) is 0 Å². The fourth-order valence-electron chi connectivity index (χ4n) is 1.10. The zero-order valence-corrected chi connectivity index (χ0v) is 7.15. The van der Waals surface area contributed by atoms with Crippen LogP contribution in [0.25, 0.3) is 0 Å². The molecule has 0 aliphatic rings. The molecule has 0 unspecified atom stereocenters. The summed E-state index contributed by atoms with van der Waals surface area (Å²) >= 11 is 0. The normalized spacial score (nSPS) is 9.23. The summed E-state index contributed by atoms with van der Waals surface area (Å²) in [5.41, 5.74) is 0.687. The van der Waals surface area contributed by atoms with Crippen LogP contribution in [0.2, 0.25) is 0 Å². The molecule has 1 aromatic heterocycles. The highest BCUT2D eigenvalue weighted by molar-refractivity contribution is 5.50. The van der Waals surface area contributed by atoms with E-state index in [1.54, 1.807) is 6.92 Å². The molecular weight excluding hydrogens is 168 g/mol. The quantitative estimate of drug-likeness (QED) is 0.606. The lowest BCUT2D eigenvalue weighted by Gasteiger charge is -2.05. The first kappa shape index (κ1) is 9.20. The van der Waals surface area contributed by atoms with Gasteiger partial charge in [0.15, 0.2) is 0 Å². The predicted molar refractivity (Wildman–Crippen MR) is 46.2 cm³/mol. The van der Waals surface area contributed by atoms with Crippen molar-refractivity contribution in [2.45, 2.75) is 13.5 Å². The fourth-order valence-corrected chi connectivity index (χ4v) is 1.10. The molecule has 0 fully saturated rings. The van der Waals surface area contributed by atoms with Gasteiger partial charge >= 0.3 is 0 Å². The lowest BCUT2D eigenvalue weighted by molar-refractivity contribution is -0.108. The molecule has 4 nitrogen and oxygen atoms in total. The number of hydrogen-bond donors (Lipinski definition) is 0. The highest BCUT2D eigenvalue weighted by Crippen LogP contribution is 2.01. The summed E-state index contributed by atoms with van der Waals surface area (Å²) in [5, 5.41) is 8.65. The van der Waals surface area contributed by atoms with E-state index >= 15 is 0 Å². The summed E-state index contributed by atoms with van der Waals surface area (Å²) in [5.74, 6) is 0. The number of hydrogen-bond acceptors (Lipinski definition) is 3. The third-order valence-corrected chi connectivity index (χ3v) is 1.83. The summed E-state index contributed by atoms with van der Waals surface area (Å²) in [6.07, 6.45) is 0.634. The standard InChI is InChI=1S/C9H8N2O2/c1-7-8(6-10)2-3-9(13)11(7)4-5-12/h2-3,5H,4H2,1H3. The van der Waals surface area contributed by atoms with Gasteiger partial charge in [0, 0.05) is 11.8 Å². The summed E-state index contributed by atoms with van der Waals surface area (Å²) in [6, 6.07) is 4.69. The van der Waals surface area contributed by atoms with Crippen molar-refractivity contribution in [1.82, 2.24) is 4.57 Å². The van der Waals surface area contributed by atoms with E-state index in [-0.39, 0.29) is 12.1 Å². The SMILES string of the molecule is Cc1c(C#N)ccc(=O)n1CC=O. The van der Waals surface area contributed by atoms with Crippen molar-refractivity contribution in [2.24, 2.45) is 0 Å². The van der Waals surface area contributed by atoms with E-state index in [0.717, 1.165) is 0 Å². The second-order valence-electron chi connectivity index (χ2n) is 2.56. The van der Waals surface area contributed by atoms with Crippen molar-refractivity contribution in [1.29, 1.82) is 5.26 Å². The molecule has 66 valence electrons. The van der Waals surface area contributed by atoms with Crippen LogP contribution >= 0.6 is 0 Å². The molecular formula is C9H8N2O2. The van der Waals surface area contributed by atoms with Crippen LogP contribution < -0.4 is 5.56 Å². The number of rotatable bonds is 2. The molecule has 0 spiro atoms. The van der Waals surface area contributed by atoms with Gasteiger partial charge in [0.05, 0.1) is 12.1 Å². The molecule has 0 aliphatic heterocycles. The van der Waals surface area contributed by atoms with Gasteiger partial charge in [0.1, 0.15) is 12.4 Å². The minimum Gasteiger partial charge on any atom is -0.304 e. The second-order valence-corrected chi connectivity index (χ2v) is 2.56. The lowest BCUT2D eigenvalue weighted by atomic mass is 10.2. The molecule has 0 atom stereocenters. The molecule has 4 heteroatoms. The maximum Gasteiger partial charge on any atom is 0.251 e. The van der Waals surface area contributed by atoms with Crippen LogP contribution in [-0.2, 0) is 11.3 Å². The Balaban J connectivity index is 3.40. The Morgan fingerprint density at radius 3 is 2.85 bits per heavy atom. The maximum atomic E-state index is 11.2. The van der Waals surface area contributed by atoms with Crippen LogP contribution in [0.1, 0.15) is 11.3 Å². The number of nitrogens with zero attached hydrogens (tertiary/aromatic N) is 2. The number of carbonyl (C=O) groups excluding carboxylic acids is 1. The van der Waals surface area contributed by atoms with Gasteiger partial charge in [-0.05, 0) is 13.0 Å². The Labute approximate surface area is 75.0 Å². The van der Waals surface area contributed by atoms with Gasteiger partial charge in [0.25, 0.3) is 5.56 Å². The zero-order chi connectivity index (χ0) is 9.84. The molecule has 0 aliphatic carbocycles. The number of carbonyl (C=O) groups is 1. The largest absolute Gasteiger partial charge is 0.304 e. The maximum absolute atomic E-state index is 11.2. The number of aromatic nitrogens is 1. The lowest BCUT2D eigenvalue weighted by Crippen LogP contribution is -2.22. The van der Waals surface area contributed by atoms with Gasteiger partial charge in [-0.15, -0.1) is 0 Å². The molecule has 1 aromatic rings. The Morgan fingerprint density at radius 2 is 2.31 bits per heavy atom. The van der Waals surface area contributed by atoms with E-state index in [4.69, 9.17) is 5.26 Å². The Morgan fingerprint density at radius 1 is 1.62 bits per heavy atom. The molecule has 1 rings (SSSR count). The van der Waals surface area contributed by atoms with E-state index in [1.807, 2.05) is 6.07 Å². The van der Waals surface area contributed by atoms with Crippen molar-refractivity contribution >= 4 is 6.29 Å². The molecule has 0 saturated heterocycles. The molecule has 1 heterocycles. The second kappa shape index (κ2) is 3.68. The van der Waals surface area contributed by atoms with Crippen molar-refractivity contribution in [3.8, 4) is 6.07 Å². The van der Waals surface area contributed by atoms with E-state index < -0.39 is 0 Å². The summed E-state index contributed by atoms with van der Waals surface area (Å²) in [7, 11) is 0. The van der Waals surface area contributed by atoms with E-state index in [0.29, 0.717) is 17.5 Å². The fraction of sp³-hybridized carbons (Fsp3) is 0.222. The van der Waals surface area contributed by atoms with Crippen LogP contribution in [0, 0.1) is 18.3 Å². The molecule has 0 amide bonds. The molecule has 0 aromatic carbocycles. The monoisotopic (exact) mass is 176 g/mol. The average Bonchev–Trinajstić information content (AvgIpc) is 2.12. The predicted octanol–water partition coefficient (Wildman–Crippen LogP) is 0.227. The van der Waals surface area contributed by atoms with E-state index in [1.165, 1.54) is 16.7 Å². The number of pyridine rings is 1. The van der Waals surface area contributed by atoms with Gasteiger partial charge in [-0.2, -0.15) is 5.26 Å². The van der Waals surface area contributed by atoms with Crippen molar-refractivity contribution in [2.75, 3.05) is 0 Å². The molecule has 0 bridgehead atoms. The average molecular weight is 176 g/mol. The topological polar surface area (TPSA) is 62.9 Å². The van der Waals surface area contributed by atoms with Crippen molar-refractivity contribution in [3.05, 3.63) is 33.7 Å². The minimum absolute atomic E-state index is 0.000185. The van der Waals surface area contributed by atoms with Crippen LogP contribution in [0.15, 0.2) is 16.9 Å². The van der Waals surface area contributed by atoms with Crippen LogP contribution in [-0.4, -0.2) is 10.9 Å². The van der Waals surface area contributed by atoms with Gasteiger partial charge in [0.2, 0.25) is 0 Å². The third kappa shape index (κ3) is 1.64. The first-order valence-corrected chi connectivity index (χ1v) is 3.75. The van der Waals surface area contributed by atoms with Gasteiger partial charge < -0.3 is 9.36 Å². The third-order valence-electron chi connectivity index (χ3n) is 1.83. The van der Waals surface area contributed by atoms with Gasteiger partial charge in [-0.3, -0.25) is 4.79 Å². The number of aldehydes is 1. The van der Waals surface area contributed by atoms with E-state index in [2.05, 4.69) is 0 Å². The molecule has 0 radical (unpaired) electrons. The Kier molecular flexibility index (Phi) is 2.60. The Hall–Kier alpha value is -1.89. The molecule has 13 heavy (non-hydrogen) atoms. The molecule has 0 saturated carbocycles. The first-order chi connectivity index (χ1) is 6.20. The number of nitriles is 1. The first-order valence-electron chi connectivity index (χ1n) is 3.75. The molecule has 0 N–H and O–H groups in total.